The molecule has 3 rings (SSSR count). The Kier molecular flexibility index (Phi) is 3.37. The Morgan fingerprint density at radius 2 is 1.83 bits per heavy atom. The SMILES string of the molecule is CN1CC=C(CN2CCCCC2)c2ccccc21. The van der Waals surface area contributed by atoms with Crippen molar-refractivity contribution >= 4 is 11.3 Å². The van der Waals surface area contributed by atoms with E-state index in [0.29, 0.717) is 0 Å². The first-order chi connectivity index (χ1) is 8.84. The minimum absolute atomic E-state index is 1.04. The van der Waals surface area contributed by atoms with Crippen LogP contribution in [0, 0.1) is 0 Å². The maximum Gasteiger partial charge on any atom is 0.0443 e. The number of likely N-dealkylation sites (N-methyl/N-ethyl adjacent to an activating group) is 1. The molecule has 2 aliphatic heterocycles. The molecule has 1 aromatic carbocycles. The molecule has 0 aliphatic carbocycles. The van der Waals surface area contributed by atoms with Crippen LogP contribution in [0.25, 0.3) is 5.57 Å². The molecular formula is C16H22N2. The Hall–Kier alpha value is -1.28. The molecule has 0 unspecified atom stereocenters. The van der Waals surface area contributed by atoms with Gasteiger partial charge in [0.05, 0.1) is 0 Å². The van der Waals surface area contributed by atoms with Crippen molar-refractivity contribution < 1.29 is 0 Å². The highest BCUT2D eigenvalue weighted by atomic mass is 15.1. The highest BCUT2D eigenvalue weighted by Crippen LogP contribution is 2.31. The maximum absolute atomic E-state index is 2.61. The molecule has 0 N–H and O–H groups in total. The van der Waals surface area contributed by atoms with Gasteiger partial charge in [0.1, 0.15) is 0 Å². The zero-order chi connectivity index (χ0) is 12.4. The summed E-state index contributed by atoms with van der Waals surface area (Å²) < 4.78 is 0. The number of hydrogen-bond donors (Lipinski definition) is 0. The lowest BCUT2D eigenvalue weighted by molar-refractivity contribution is 0.255. The highest BCUT2D eigenvalue weighted by Gasteiger charge is 2.18. The van der Waals surface area contributed by atoms with Crippen LogP contribution in [-0.2, 0) is 0 Å². The van der Waals surface area contributed by atoms with Crippen molar-refractivity contribution in [2.75, 3.05) is 38.1 Å². The average molecular weight is 242 g/mol. The summed E-state index contributed by atoms with van der Waals surface area (Å²) in [6, 6.07) is 8.79. The lowest BCUT2D eigenvalue weighted by Gasteiger charge is -2.32. The number of piperidine rings is 1. The van der Waals surface area contributed by atoms with E-state index in [1.807, 2.05) is 0 Å². The number of likely N-dealkylation sites (tertiary alicyclic amines) is 1. The van der Waals surface area contributed by atoms with E-state index in [1.54, 1.807) is 0 Å². The second kappa shape index (κ2) is 5.15. The van der Waals surface area contributed by atoms with Crippen LogP contribution < -0.4 is 4.90 Å². The van der Waals surface area contributed by atoms with Crippen LogP contribution in [0.1, 0.15) is 24.8 Å². The van der Waals surface area contributed by atoms with Crippen LogP contribution in [0.3, 0.4) is 0 Å². The molecular weight excluding hydrogens is 220 g/mol. The number of nitrogens with zero attached hydrogens (tertiary/aromatic N) is 2. The minimum atomic E-state index is 1.04. The van der Waals surface area contributed by atoms with E-state index in [4.69, 9.17) is 0 Å². The molecule has 2 heterocycles. The number of rotatable bonds is 2. The first-order valence-electron chi connectivity index (χ1n) is 7.06. The number of hydrogen-bond acceptors (Lipinski definition) is 2. The predicted molar refractivity (Wildman–Crippen MR) is 78.0 cm³/mol. The summed E-state index contributed by atoms with van der Waals surface area (Å²) in [6.07, 6.45) is 6.55. The summed E-state index contributed by atoms with van der Waals surface area (Å²) in [5, 5.41) is 0. The van der Waals surface area contributed by atoms with Crippen molar-refractivity contribution in [2.24, 2.45) is 0 Å². The Bertz CT molecular complexity index is 444. The van der Waals surface area contributed by atoms with Crippen LogP contribution in [0.2, 0.25) is 0 Å². The Balaban J connectivity index is 1.80. The summed E-state index contributed by atoms with van der Waals surface area (Å²) in [6.45, 7) is 4.72. The molecule has 2 nitrogen and oxygen atoms in total. The molecule has 1 saturated heterocycles. The Labute approximate surface area is 110 Å². The van der Waals surface area contributed by atoms with Gasteiger partial charge in [-0.25, -0.2) is 0 Å². The quantitative estimate of drug-likeness (QED) is 0.786. The van der Waals surface area contributed by atoms with Gasteiger partial charge in [0.15, 0.2) is 0 Å². The lowest BCUT2D eigenvalue weighted by atomic mass is 9.98. The monoisotopic (exact) mass is 242 g/mol. The third kappa shape index (κ3) is 2.30. The van der Waals surface area contributed by atoms with Crippen LogP contribution in [0.4, 0.5) is 5.69 Å². The van der Waals surface area contributed by atoms with E-state index in [0.717, 1.165) is 13.1 Å². The molecule has 96 valence electrons. The van der Waals surface area contributed by atoms with Gasteiger partial charge >= 0.3 is 0 Å². The van der Waals surface area contributed by atoms with Crippen LogP contribution in [0.5, 0.6) is 0 Å². The molecule has 1 fully saturated rings. The minimum Gasteiger partial charge on any atom is -0.370 e. The van der Waals surface area contributed by atoms with Crippen LogP contribution >= 0.6 is 0 Å². The van der Waals surface area contributed by atoms with E-state index in [-0.39, 0.29) is 0 Å². The van der Waals surface area contributed by atoms with Crippen molar-refractivity contribution in [2.45, 2.75) is 19.3 Å². The van der Waals surface area contributed by atoms with Gasteiger partial charge in [0.2, 0.25) is 0 Å². The molecule has 0 spiro atoms. The molecule has 2 aliphatic rings. The lowest BCUT2D eigenvalue weighted by Crippen LogP contribution is -2.32. The van der Waals surface area contributed by atoms with E-state index >= 15 is 0 Å². The molecule has 2 heteroatoms. The van der Waals surface area contributed by atoms with E-state index in [1.165, 1.54) is 49.2 Å². The summed E-state index contributed by atoms with van der Waals surface area (Å²) in [4.78, 5) is 4.94. The van der Waals surface area contributed by atoms with Crippen molar-refractivity contribution in [1.82, 2.24) is 4.90 Å². The number of benzene rings is 1. The van der Waals surface area contributed by atoms with E-state index in [2.05, 4.69) is 47.2 Å². The summed E-state index contributed by atoms with van der Waals surface area (Å²) >= 11 is 0. The second-order valence-electron chi connectivity index (χ2n) is 5.46. The van der Waals surface area contributed by atoms with Gasteiger partial charge in [0, 0.05) is 31.4 Å². The largest absolute Gasteiger partial charge is 0.370 e. The van der Waals surface area contributed by atoms with Crippen molar-refractivity contribution in [1.29, 1.82) is 0 Å². The predicted octanol–water partition coefficient (Wildman–Crippen LogP) is 3.01. The van der Waals surface area contributed by atoms with Gasteiger partial charge < -0.3 is 4.90 Å². The summed E-state index contributed by atoms with van der Waals surface area (Å²) in [5.74, 6) is 0. The van der Waals surface area contributed by atoms with Gasteiger partial charge in [-0.15, -0.1) is 0 Å². The Morgan fingerprint density at radius 1 is 1.06 bits per heavy atom. The molecule has 0 amide bonds. The number of para-hydroxylation sites is 1. The zero-order valence-corrected chi connectivity index (χ0v) is 11.2. The summed E-state index contributed by atoms with van der Waals surface area (Å²) in [5.41, 5.74) is 4.33. The van der Waals surface area contributed by atoms with Gasteiger partial charge in [-0.3, -0.25) is 4.90 Å². The molecule has 0 bridgehead atoms. The highest BCUT2D eigenvalue weighted by molar-refractivity contribution is 5.80. The number of anilines is 1. The summed E-state index contributed by atoms with van der Waals surface area (Å²) in [7, 11) is 2.17. The van der Waals surface area contributed by atoms with Gasteiger partial charge in [-0.05, 0) is 37.6 Å². The van der Waals surface area contributed by atoms with Crippen LogP contribution in [-0.4, -0.2) is 38.1 Å². The molecule has 0 atom stereocenters. The first kappa shape index (κ1) is 11.8. The van der Waals surface area contributed by atoms with Gasteiger partial charge in [-0.2, -0.15) is 0 Å². The standard InChI is InChI=1S/C16H22N2/c1-17-12-9-14(13-18-10-5-2-6-11-18)15-7-3-4-8-16(15)17/h3-4,7-9H,2,5-6,10-13H2,1H3. The van der Waals surface area contributed by atoms with Gasteiger partial charge in [0.25, 0.3) is 0 Å². The fourth-order valence-corrected chi connectivity index (χ4v) is 3.04. The molecule has 0 radical (unpaired) electrons. The third-order valence-electron chi connectivity index (χ3n) is 4.12. The molecule has 0 aromatic heterocycles. The number of fused-ring (bicyclic) bond motifs is 1. The molecule has 0 saturated carbocycles. The zero-order valence-electron chi connectivity index (χ0n) is 11.2. The first-order valence-corrected chi connectivity index (χ1v) is 7.06. The van der Waals surface area contributed by atoms with Crippen LogP contribution in [0.15, 0.2) is 30.3 Å². The van der Waals surface area contributed by atoms with Gasteiger partial charge in [-0.1, -0.05) is 30.7 Å². The molecule has 1 aromatic rings. The van der Waals surface area contributed by atoms with Crippen molar-refractivity contribution in [3.63, 3.8) is 0 Å². The normalized spacial score (nSPS) is 20.5. The Morgan fingerprint density at radius 3 is 2.67 bits per heavy atom. The van der Waals surface area contributed by atoms with Crippen molar-refractivity contribution in [3.8, 4) is 0 Å². The van der Waals surface area contributed by atoms with E-state index in [9.17, 15) is 0 Å². The van der Waals surface area contributed by atoms with E-state index < -0.39 is 0 Å². The fourth-order valence-electron chi connectivity index (χ4n) is 3.04. The fraction of sp³-hybridized carbons (Fsp3) is 0.500. The topological polar surface area (TPSA) is 6.48 Å². The maximum atomic E-state index is 2.61. The average Bonchev–Trinajstić information content (AvgIpc) is 2.44. The molecule has 18 heavy (non-hydrogen) atoms. The second-order valence-corrected chi connectivity index (χ2v) is 5.46. The third-order valence-corrected chi connectivity index (χ3v) is 4.12. The smallest absolute Gasteiger partial charge is 0.0443 e. The van der Waals surface area contributed by atoms with Crippen molar-refractivity contribution in [3.05, 3.63) is 35.9 Å².